The van der Waals surface area contributed by atoms with Crippen molar-refractivity contribution in [1.82, 2.24) is 19.7 Å². The van der Waals surface area contributed by atoms with Gasteiger partial charge in [-0.15, -0.1) is 0 Å². The number of aromatic nitrogens is 3. The molecule has 1 saturated heterocycles. The quantitative estimate of drug-likeness (QED) is 0.574. The Kier molecular flexibility index (Phi) is 4.88. The van der Waals surface area contributed by atoms with Crippen LogP contribution in [0.25, 0.3) is 11.3 Å². The molecular formula is C24H23ClFN5O2. The Bertz CT molecular complexity index is 1260. The van der Waals surface area contributed by atoms with Crippen molar-refractivity contribution in [3.05, 3.63) is 64.2 Å². The Labute approximate surface area is 195 Å². The van der Waals surface area contributed by atoms with Crippen molar-refractivity contribution in [2.24, 2.45) is 0 Å². The number of carbonyl (C=O) groups excluding carboxylic acids is 1. The van der Waals surface area contributed by atoms with Crippen molar-refractivity contribution < 1.29 is 13.9 Å². The normalized spacial score (nSPS) is 20.5. The van der Waals surface area contributed by atoms with E-state index in [1.165, 1.54) is 18.9 Å². The molecule has 2 aliphatic heterocycles. The van der Waals surface area contributed by atoms with Crippen LogP contribution in [0.2, 0.25) is 5.02 Å². The van der Waals surface area contributed by atoms with E-state index in [1.54, 1.807) is 24.1 Å². The molecule has 1 aliphatic carbocycles. The van der Waals surface area contributed by atoms with Crippen LogP contribution in [0.4, 0.5) is 10.2 Å². The third kappa shape index (κ3) is 3.67. The highest BCUT2D eigenvalue weighted by atomic mass is 35.5. The number of nitrogens with zero attached hydrogens (tertiary/aromatic N) is 5. The SMILES string of the molecule is CN1Cc2c(cc(N3CCOC(c4cnn(C5CC5)c4)C3)nc2-c2ccc(Cl)cc2F)C1=O. The first-order valence-corrected chi connectivity index (χ1v) is 11.5. The van der Waals surface area contributed by atoms with Gasteiger partial charge in [0.15, 0.2) is 0 Å². The van der Waals surface area contributed by atoms with E-state index in [0.717, 1.165) is 11.1 Å². The Morgan fingerprint density at radius 1 is 1.21 bits per heavy atom. The van der Waals surface area contributed by atoms with E-state index in [-0.39, 0.29) is 12.0 Å². The fraction of sp³-hybridized carbons (Fsp3) is 0.375. The van der Waals surface area contributed by atoms with Crippen LogP contribution in [0.15, 0.2) is 36.7 Å². The molecule has 1 atom stereocenters. The number of fused-ring (bicyclic) bond motifs is 1. The highest BCUT2D eigenvalue weighted by Gasteiger charge is 2.33. The zero-order valence-electron chi connectivity index (χ0n) is 18.2. The van der Waals surface area contributed by atoms with Gasteiger partial charge in [-0.25, -0.2) is 9.37 Å². The summed E-state index contributed by atoms with van der Waals surface area (Å²) in [4.78, 5) is 21.4. The van der Waals surface area contributed by atoms with E-state index in [0.29, 0.717) is 59.9 Å². The molecule has 0 spiro atoms. The van der Waals surface area contributed by atoms with Gasteiger partial charge in [-0.2, -0.15) is 5.10 Å². The first-order chi connectivity index (χ1) is 16.0. The van der Waals surface area contributed by atoms with E-state index in [1.807, 2.05) is 16.9 Å². The second-order valence-electron chi connectivity index (χ2n) is 8.93. The van der Waals surface area contributed by atoms with E-state index < -0.39 is 5.82 Å². The molecule has 0 radical (unpaired) electrons. The predicted molar refractivity (Wildman–Crippen MR) is 122 cm³/mol. The molecule has 3 aliphatic rings. The number of hydrogen-bond acceptors (Lipinski definition) is 5. The molecule has 2 fully saturated rings. The average Bonchev–Trinajstić information content (AvgIpc) is 3.47. The van der Waals surface area contributed by atoms with Crippen LogP contribution < -0.4 is 4.90 Å². The lowest BCUT2D eigenvalue weighted by Gasteiger charge is -2.33. The minimum Gasteiger partial charge on any atom is -0.370 e. The highest BCUT2D eigenvalue weighted by Crippen LogP contribution is 2.37. The summed E-state index contributed by atoms with van der Waals surface area (Å²) in [7, 11) is 1.74. The fourth-order valence-corrected chi connectivity index (χ4v) is 4.77. The number of rotatable bonds is 4. The molecule has 4 heterocycles. The molecule has 1 unspecified atom stereocenters. The summed E-state index contributed by atoms with van der Waals surface area (Å²) in [5.74, 6) is 0.105. The Balaban J connectivity index is 1.37. The van der Waals surface area contributed by atoms with Crippen LogP contribution in [-0.4, -0.2) is 52.3 Å². The zero-order valence-corrected chi connectivity index (χ0v) is 18.9. The van der Waals surface area contributed by atoms with Crippen molar-refractivity contribution in [3.63, 3.8) is 0 Å². The number of hydrogen-bond donors (Lipinski definition) is 0. The fourth-order valence-electron chi connectivity index (χ4n) is 4.61. The van der Waals surface area contributed by atoms with Gasteiger partial charge in [0.1, 0.15) is 17.7 Å². The summed E-state index contributed by atoms with van der Waals surface area (Å²) < 4.78 is 22.9. The summed E-state index contributed by atoms with van der Waals surface area (Å²) in [5, 5.41) is 4.81. The van der Waals surface area contributed by atoms with Gasteiger partial charge in [0.2, 0.25) is 0 Å². The molecule has 2 aromatic heterocycles. The topological polar surface area (TPSA) is 63.5 Å². The third-order valence-electron chi connectivity index (χ3n) is 6.57. The van der Waals surface area contributed by atoms with Gasteiger partial charge in [0.05, 0.1) is 30.1 Å². The van der Waals surface area contributed by atoms with Crippen LogP contribution in [0.1, 0.15) is 46.5 Å². The van der Waals surface area contributed by atoms with Crippen LogP contribution >= 0.6 is 11.6 Å². The summed E-state index contributed by atoms with van der Waals surface area (Å²) in [6.07, 6.45) is 6.13. The van der Waals surface area contributed by atoms with Crippen molar-refractivity contribution in [1.29, 1.82) is 0 Å². The lowest BCUT2D eigenvalue weighted by molar-refractivity contribution is 0.0395. The van der Waals surface area contributed by atoms with E-state index in [4.69, 9.17) is 21.3 Å². The molecule has 3 aromatic rings. The molecular weight excluding hydrogens is 445 g/mol. The van der Waals surface area contributed by atoms with Crippen LogP contribution in [0, 0.1) is 5.82 Å². The second-order valence-corrected chi connectivity index (χ2v) is 9.37. The van der Waals surface area contributed by atoms with Gasteiger partial charge >= 0.3 is 0 Å². The minimum atomic E-state index is -0.455. The monoisotopic (exact) mass is 467 g/mol. The van der Waals surface area contributed by atoms with Crippen molar-refractivity contribution in [2.75, 3.05) is 31.6 Å². The molecule has 33 heavy (non-hydrogen) atoms. The van der Waals surface area contributed by atoms with Crippen LogP contribution in [0.3, 0.4) is 0 Å². The van der Waals surface area contributed by atoms with Crippen LogP contribution in [-0.2, 0) is 11.3 Å². The van der Waals surface area contributed by atoms with Gasteiger partial charge < -0.3 is 14.5 Å². The van der Waals surface area contributed by atoms with Crippen molar-refractivity contribution >= 4 is 23.3 Å². The summed E-state index contributed by atoms with van der Waals surface area (Å²) >= 11 is 5.97. The van der Waals surface area contributed by atoms with Gasteiger partial charge in [0, 0.05) is 54.6 Å². The van der Waals surface area contributed by atoms with Crippen molar-refractivity contribution in [2.45, 2.75) is 31.5 Å². The molecule has 6 rings (SSSR count). The maximum Gasteiger partial charge on any atom is 0.254 e. The van der Waals surface area contributed by atoms with Gasteiger partial charge in [-0.05, 0) is 37.1 Å². The summed E-state index contributed by atoms with van der Waals surface area (Å²) in [6, 6.07) is 6.89. The number of anilines is 1. The average molecular weight is 468 g/mol. The second kappa shape index (κ2) is 7.81. The molecule has 170 valence electrons. The Morgan fingerprint density at radius 3 is 2.85 bits per heavy atom. The number of halogens is 2. The number of amides is 1. The lowest BCUT2D eigenvalue weighted by atomic mass is 10.0. The Hall–Kier alpha value is -2.97. The highest BCUT2D eigenvalue weighted by molar-refractivity contribution is 6.30. The first kappa shape index (κ1) is 20.6. The summed E-state index contributed by atoms with van der Waals surface area (Å²) in [5.41, 5.74) is 3.17. The summed E-state index contributed by atoms with van der Waals surface area (Å²) in [6.45, 7) is 2.13. The standard InChI is InChI=1S/C24H23ClFN5O2/c1-29-12-19-18(24(29)32)9-22(28-23(19)17-5-2-15(25)8-20(17)26)30-6-7-33-21(13-30)14-10-27-31(11-14)16-3-4-16/h2,5,8-11,16,21H,3-4,6-7,12-13H2,1H3. The maximum absolute atomic E-state index is 14.9. The predicted octanol–water partition coefficient (Wildman–Crippen LogP) is 4.24. The largest absolute Gasteiger partial charge is 0.370 e. The zero-order chi connectivity index (χ0) is 22.7. The third-order valence-corrected chi connectivity index (χ3v) is 6.81. The number of carbonyl (C=O) groups is 1. The molecule has 1 saturated carbocycles. The first-order valence-electron chi connectivity index (χ1n) is 11.1. The number of benzene rings is 1. The van der Waals surface area contributed by atoms with Crippen LogP contribution in [0.5, 0.6) is 0 Å². The minimum absolute atomic E-state index is 0.0835. The Morgan fingerprint density at radius 2 is 2.06 bits per heavy atom. The molecule has 0 bridgehead atoms. The lowest BCUT2D eigenvalue weighted by Crippen LogP contribution is -2.39. The number of pyridine rings is 1. The number of ether oxygens (including phenoxy) is 1. The van der Waals surface area contributed by atoms with E-state index in [2.05, 4.69) is 16.2 Å². The molecule has 1 amide bonds. The molecule has 7 nitrogen and oxygen atoms in total. The maximum atomic E-state index is 14.9. The smallest absolute Gasteiger partial charge is 0.254 e. The van der Waals surface area contributed by atoms with E-state index in [9.17, 15) is 9.18 Å². The van der Waals surface area contributed by atoms with Gasteiger partial charge in [0.25, 0.3) is 5.91 Å². The molecule has 1 aromatic carbocycles. The van der Waals surface area contributed by atoms with Gasteiger partial charge in [-0.3, -0.25) is 9.48 Å². The molecule has 0 N–H and O–H groups in total. The van der Waals surface area contributed by atoms with Gasteiger partial charge in [-0.1, -0.05) is 11.6 Å². The van der Waals surface area contributed by atoms with Crippen molar-refractivity contribution in [3.8, 4) is 11.3 Å². The molecule has 9 heteroatoms. The number of morpholine rings is 1. The van der Waals surface area contributed by atoms with E-state index >= 15 is 0 Å².